The van der Waals surface area contributed by atoms with Crippen molar-refractivity contribution >= 4 is 6.03 Å². The normalized spacial score (nSPS) is 12.4. The Balaban J connectivity index is 2.56. The van der Waals surface area contributed by atoms with Crippen LogP contribution < -0.4 is 11.5 Å². The molecule has 0 saturated carbocycles. The summed E-state index contributed by atoms with van der Waals surface area (Å²) in [5.74, 6) is 0.699. The maximum absolute atomic E-state index is 11.0. The average molecular weight is 197 g/mol. The van der Waals surface area contributed by atoms with Crippen molar-refractivity contribution < 1.29 is 9.21 Å². The smallest absolute Gasteiger partial charge is 0.315 e. The number of hydrogen-bond donors (Lipinski definition) is 2. The number of nitrogens with zero attached hydrogens (tertiary/aromatic N) is 1. The Morgan fingerprint density at radius 1 is 1.71 bits per heavy atom. The quantitative estimate of drug-likeness (QED) is 0.737. The molecule has 0 aliphatic rings. The molecule has 78 valence electrons. The zero-order valence-corrected chi connectivity index (χ0v) is 8.14. The van der Waals surface area contributed by atoms with Crippen LogP contribution in [-0.2, 0) is 6.54 Å². The maximum Gasteiger partial charge on any atom is 0.315 e. The minimum absolute atomic E-state index is 0.0996. The number of urea groups is 1. The molecule has 0 bridgehead atoms. The van der Waals surface area contributed by atoms with E-state index >= 15 is 0 Å². The van der Waals surface area contributed by atoms with Crippen LogP contribution in [0.15, 0.2) is 22.8 Å². The van der Waals surface area contributed by atoms with E-state index in [1.165, 1.54) is 4.90 Å². The third kappa shape index (κ3) is 3.10. The van der Waals surface area contributed by atoms with Crippen molar-refractivity contribution in [3.05, 3.63) is 24.2 Å². The van der Waals surface area contributed by atoms with Crippen LogP contribution in [0.1, 0.15) is 12.7 Å². The van der Waals surface area contributed by atoms with Gasteiger partial charge in [0.25, 0.3) is 0 Å². The molecule has 1 atom stereocenters. The molecule has 0 fully saturated rings. The van der Waals surface area contributed by atoms with E-state index < -0.39 is 6.03 Å². The molecule has 4 N–H and O–H groups in total. The molecule has 5 heteroatoms. The average Bonchev–Trinajstić information content (AvgIpc) is 2.54. The van der Waals surface area contributed by atoms with Crippen molar-refractivity contribution in [2.24, 2.45) is 11.5 Å². The number of nitrogens with two attached hydrogens (primary N) is 2. The highest BCUT2D eigenvalue weighted by Crippen LogP contribution is 2.05. The Bertz CT molecular complexity index is 282. The van der Waals surface area contributed by atoms with Crippen LogP contribution in [0.2, 0.25) is 0 Å². The van der Waals surface area contributed by atoms with Gasteiger partial charge in [0.15, 0.2) is 0 Å². The van der Waals surface area contributed by atoms with E-state index in [9.17, 15) is 4.79 Å². The molecule has 0 spiro atoms. The highest BCUT2D eigenvalue weighted by Gasteiger charge is 2.13. The molecular formula is C9H15N3O2. The van der Waals surface area contributed by atoms with Crippen LogP contribution in [0.4, 0.5) is 4.79 Å². The van der Waals surface area contributed by atoms with Gasteiger partial charge in [-0.2, -0.15) is 0 Å². The van der Waals surface area contributed by atoms with Crippen LogP contribution in [0.3, 0.4) is 0 Å². The summed E-state index contributed by atoms with van der Waals surface area (Å²) >= 11 is 0. The summed E-state index contributed by atoms with van der Waals surface area (Å²) in [4.78, 5) is 12.5. The lowest BCUT2D eigenvalue weighted by Gasteiger charge is -2.20. The Morgan fingerprint density at radius 2 is 2.43 bits per heavy atom. The third-order valence-corrected chi connectivity index (χ3v) is 1.75. The Kier molecular flexibility index (Phi) is 3.53. The predicted molar refractivity (Wildman–Crippen MR) is 52.4 cm³/mol. The lowest BCUT2D eigenvalue weighted by Crippen LogP contribution is -2.42. The fraction of sp³-hybridized carbons (Fsp3) is 0.444. The Morgan fingerprint density at radius 3 is 2.86 bits per heavy atom. The Labute approximate surface area is 82.7 Å². The van der Waals surface area contributed by atoms with Gasteiger partial charge >= 0.3 is 6.03 Å². The van der Waals surface area contributed by atoms with Crippen molar-refractivity contribution in [3.8, 4) is 0 Å². The van der Waals surface area contributed by atoms with E-state index in [1.54, 1.807) is 18.4 Å². The first-order valence-electron chi connectivity index (χ1n) is 4.42. The fourth-order valence-corrected chi connectivity index (χ4v) is 1.17. The predicted octanol–water partition coefficient (Wildman–Crippen LogP) is 0.507. The molecule has 5 nitrogen and oxygen atoms in total. The molecule has 0 saturated heterocycles. The van der Waals surface area contributed by atoms with E-state index in [4.69, 9.17) is 15.9 Å². The molecule has 0 aliphatic carbocycles. The number of rotatable bonds is 4. The molecule has 0 aliphatic heterocycles. The second kappa shape index (κ2) is 4.66. The third-order valence-electron chi connectivity index (χ3n) is 1.75. The minimum Gasteiger partial charge on any atom is -0.467 e. The Hall–Kier alpha value is -1.49. The number of furan rings is 1. The van der Waals surface area contributed by atoms with Crippen molar-refractivity contribution in [2.75, 3.05) is 6.54 Å². The molecule has 1 aromatic rings. The number of carbonyl (C=O) groups is 1. The van der Waals surface area contributed by atoms with Gasteiger partial charge in [-0.05, 0) is 19.1 Å². The van der Waals surface area contributed by atoms with Gasteiger partial charge in [0.1, 0.15) is 5.76 Å². The second-order valence-corrected chi connectivity index (χ2v) is 3.28. The van der Waals surface area contributed by atoms with Gasteiger partial charge in [-0.15, -0.1) is 0 Å². The van der Waals surface area contributed by atoms with Crippen molar-refractivity contribution in [3.63, 3.8) is 0 Å². The summed E-state index contributed by atoms with van der Waals surface area (Å²) in [7, 11) is 0. The fourth-order valence-electron chi connectivity index (χ4n) is 1.17. The summed E-state index contributed by atoms with van der Waals surface area (Å²) in [5, 5.41) is 0. The largest absolute Gasteiger partial charge is 0.467 e. The first-order chi connectivity index (χ1) is 6.59. The lowest BCUT2D eigenvalue weighted by atomic mass is 10.3. The molecule has 0 radical (unpaired) electrons. The van der Waals surface area contributed by atoms with Crippen LogP contribution >= 0.6 is 0 Å². The van der Waals surface area contributed by atoms with Gasteiger partial charge < -0.3 is 20.8 Å². The highest BCUT2D eigenvalue weighted by molar-refractivity contribution is 5.71. The first kappa shape index (κ1) is 10.6. The number of hydrogen-bond acceptors (Lipinski definition) is 3. The topological polar surface area (TPSA) is 85.5 Å². The van der Waals surface area contributed by atoms with E-state index in [1.807, 2.05) is 6.92 Å². The summed E-state index contributed by atoms with van der Waals surface area (Å²) in [6.45, 7) is 2.61. The maximum atomic E-state index is 11.0. The summed E-state index contributed by atoms with van der Waals surface area (Å²) < 4.78 is 5.11. The van der Waals surface area contributed by atoms with Crippen molar-refractivity contribution in [1.29, 1.82) is 0 Å². The van der Waals surface area contributed by atoms with Crippen molar-refractivity contribution in [2.45, 2.75) is 19.5 Å². The van der Waals surface area contributed by atoms with Crippen LogP contribution in [0, 0.1) is 0 Å². The minimum atomic E-state index is -0.487. The number of amides is 2. The molecule has 14 heavy (non-hydrogen) atoms. The monoisotopic (exact) mass is 197 g/mol. The van der Waals surface area contributed by atoms with Crippen LogP contribution in [-0.4, -0.2) is 23.5 Å². The molecule has 1 aromatic heterocycles. The van der Waals surface area contributed by atoms with Gasteiger partial charge in [0.05, 0.1) is 12.8 Å². The summed E-state index contributed by atoms with van der Waals surface area (Å²) in [6.07, 6.45) is 1.56. The molecule has 1 rings (SSSR count). The highest BCUT2D eigenvalue weighted by atomic mass is 16.3. The lowest BCUT2D eigenvalue weighted by molar-refractivity contribution is 0.197. The molecular weight excluding hydrogens is 182 g/mol. The number of carbonyl (C=O) groups excluding carboxylic acids is 1. The molecule has 2 amide bonds. The van der Waals surface area contributed by atoms with E-state index in [0.717, 1.165) is 0 Å². The zero-order valence-electron chi connectivity index (χ0n) is 8.14. The van der Waals surface area contributed by atoms with Crippen LogP contribution in [0.25, 0.3) is 0 Å². The van der Waals surface area contributed by atoms with Gasteiger partial charge in [-0.1, -0.05) is 0 Å². The van der Waals surface area contributed by atoms with Crippen molar-refractivity contribution in [1.82, 2.24) is 4.90 Å². The van der Waals surface area contributed by atoms with Crippen LogP contribution in [0.5, 0.6) is 0 Å². The second-order valence-electron chi connectivity index (χ2n) is 3.28. The SMILES string of the molecule is CC(N)CN(Cc1ccco1)C(N)=O. The first-order valence-corrected chi connectivity index (χ1v) is 4.42. The molecule has 0 aromatic carbocycles. The zero-order chi connectivity index (χ0) is 10.6. The van der Waals surface area contributed by atoms with Gasteiger partial charge in [-0.25, -0.2) is 4.79 Å². The molecule has 1 heterocycles. The van der Waals surface area contributed by atoms with E-state index in [2.05, 4.69) is 0 Å². The number of primary amides is 1. The summed E-state index contributed by atoms with van der Waals surface area (Å²) in [6, 6.07) is 2.97. The van der Waals surface area contributed by atoms with E-state index in [0.29, 0.717) is 18.8 Å². The standard InChI is InChI=1S/C9H15N3O2/c1-7(10)5-12(9(11)13)6-8-3-2-4-14-8/h2-4,7H,5-6,10H2,1H3,(H2,11,13). The molecule has 1 unspecified atom stereocenters. The van der Waals surface area contributed by atoms with Gasteiger partial charge in [0.2, 0.25) is 0 Å². The van der Waals surface area contributed by atoms with Gasteiger partial charge in [0, 0.05) is 12.6 Å². The summed E-state index contributed by atoms with van der Waals surface area (Å²) in [5.41, 5.74) is 10.8. The van der Waals surface area contributed by atoms with Gasteiger partial charge in [-0.3, -0.25) is 0 Å². The van der Waals surface area contributed by atoms with E-state index in [-0.39, 0.29) is 6.04 Å².